The number of hydrogen-bond acceptors (Lipinski definition) is 2. The molecule has 0 aromatic carbocycles. The lowest BCUT2D eigenvalue weighted by molar-refractivity contribution is 0.0218. The third-order valence-corrected chi connectivity index (χ3v) is 3.12. The fraction of sp³-hybridized carbons (Fsp3) is 1.00. The SMILES string of the molecule is CCN1CCCC(O)(CC)CC1. The Balaban J connectivity index is 2.44. The molecule has 2 heteroatoms. The topological polar surface area (TPSA) is 23.5 Å². The highest BCUT2D eigenvalue weighted by Crippen LogP contribution is 2.24. The first-order valence-electron chi connectivity index (χ1n) is 5.15. The fourth-order valence-corrected chi connectivity index (χ4v) is 1.90. The van der Waals surface area contributed by atoms with Crippen LogP contribution in [0.3, 0.4) is 0 Å². The van der Waals surface area contributed by atoms with Gasteiger partial charge in [0.25, 0.3) is 0 Å². The molecule has 0 radical (unpaired) electrons. The molecule has 0 bridgehead atoms. The van der Waals surface area contributed by atoms with E-state index >= 15 is 0 Å². The minimum absolute atomic E-state index is 0.357. The molecule has 0 amide bonds. The molecule has 0 aliphatic carbocycles. The third-order valence-electron chi connectivity index (χ3n) is 3.12. The molecule has 1 heterocycles. The monoisotopic (exact) mass is 171 g/mol. The van der Waals surface area contributed by atoms with Gasteiger partial charge in [0.05, 0.1) is 5.60 Å². The Hall–Kier alpha value is -0.0800. The van der Waals surface area contributed by atoms with Crippen LogP contribution < -0.4 is 0 Å². The maximum absolute atomic E-state index is 10.0. The average Bonchev–Trinajstić information content (AvgIpc) is 2.28. The van der Waals surface area contributed by atoms with E-state index in [4.69, 9.17) is 0 Å². The number of nitrogens with zero attached hydrogens (tertiary/aromatic N) is 1. The molecule has 1 rings (SSSR count). The smallest absolute Gasteiger partial charge is 0.0657 e. The zero-order valence-electron chi connectivity index (χ0n) is 8.34. The van der Waals surface area contributed by atoms with Crippen LogP contribution in [0.5, 0.6) is 0 Å². The average molecular weight is 171 g/mol. The Labute approximate surface area is 75.6 Å². The summed E-state index contributed by atoms with van der Waals surface area (Å²) in [4.78, 5) is 2.42. The summed E-state index contributed by atoms with van der Waals surface area (Å²) in [7, 11) is 0. The van der Waals surface area contributed by atoms with Crippen LogP contribution in [0.15, 0.2) is 0 Å². The summed E-state index contributed by atoms with van der Waals surface area (Å²) in [5.74, 6) is 0. The Bertz CT molecular complexity index is 138. The van der Waals surface area contributed by atoms with Crippen molar-refractivity contribution in [1.82, 2.24) is 4.90 Å². The summed E-state index contributed by atoms with van der Waals surface area (Å²) in [5, 5.41) is 10.0. The van der Waals surface area contributed by atoms with Gasteiger partial charge in [-0.05, 0) is 38.8 Å². The van der Waals surface area contributed by atoms with Crippen LogP contribution in [0, 0.1) is 0 Å². The van der Waals surface area contributed by atoms with Crippen LogP contribution in [-0.2, 0) is 0 Å². The van der Waals surface area contributed by atoms with Gasteiger partial charge in [-0.1, -0.05) is 13.8 Å². The molecule has 0 aromatic heterocycles. The quantitative estimate of drug-likeness (QED) is 0.682. The van der Waals surface area contributed by atoms with Crippen molar-refractivity contribution in [1.29, 1.82) is 0 Å². The van der Waals surface area contributed by atoms with Crippen molar-refractivity contribution >= 4 is 0 Å². The first-order chi connectivity index (χ1) is 5.70. The van der Waals surface area contributed by atoms with Gasteiger partial charge in [-0.15, -0.1) is 0 Å². The van der Waals surface area contributed by atoms with Crippen molar-refractivity contribution < 1.29 is 5.11 Å². The van der Waals surface area contributed by atoms with Crippen LogP contribution >= 0.6 is 0 Å². The van der Waals surface area contributed by atoms with Gasteiger partial charge in [-0.2, -0.15) is 0 Å². The van der Waals surface area contributed by atoms with Crippen molar-refractivity contribution in [3.05, 3.63) is 0 Å². The first kappa shape index (κ1) is 10.0. The Morgan fingerprint density at radius 2 is 2.00 bits per heavy atom. The van der Waals surface area contributed by atoms with Gasteiger partial charge in [-0.3, -0.25) is 0 Å². The fourth-order valence-electron chi connectivity index (χ4n) is 1.90. The summed E-state index contributed by atoms with van der Waals surface area (Å²) >= 11 is 0. The molecule has 1 N–H and O–H groups in total. The second kappa shape index (κ2) is 4.24. The highest BCUT2D eigenvalue weighted by Gasteiger charge is 2.27. The van der Waals surface area contributed by atoms with Crippen molar-refractivity contribution in [3.8, 4) is 0 Å². The van der Waals surface area contributed by atoms with E-state index in [0.717, 1.165) is 38.8 Å². The Morgan fingerprint density at radius 1 is 1.25 bits per heavy atom. The standard InChI is InChI=1S/C10H21NO/c1-3-10(12)6-5-8-11(4-2)9-7-10/h12H,3-9H2,1-2H3. The van der Waals surface area contributed by atoms with Crippen LogP contribution in [0.25, 0.3) is 0 Å². The lowest BCUT2D eigenvalue weighted by Crippen LogP contribution is -2.30. The van der Waals surface area contributed by atoms with Gasteiger partial charge in [0.15, 0.2) is 0 Å². The van der Waals surface area contributed by atoms with Crippen molar-refractivity contribution in [2.75, 3.05) is 19.6 Å². The molecule has 0 saturated carbocycles. The Kier molecular flexibility index (Phi) is 3.53. The summed E-state index contributed by atoms with van der Waals surface area (Å²) in [6.45, 7) is 7.64. The third kappa shape index (κ3) is 2.46. The van der Waals surface area contributed by atoms with Crippen LogP contribution in [0.4, 0.5) is 0 Å². The second-order valence-corrected chi connectivity index (χ2v) is 3.87. The number of hydrogen-bond donors (Lipinski definition) is 1. The minimum Gasteiger partial charge on any atom is -0.390 e. The molecule has 12 heavy (non-hydrogen) atoms. The number of likely N-dealkylation sites (tertiary alicyclic amines) is 1. The van der Waals surface area contributed by atoms with E-state index in [1.807, 2.05) is 0 Å². The highest BCUT2D eigenvalue weighted by atomic mass is 16.3. The predicted molar refractivity (Wildman–Crippen MR) is 51.2 cm³/mol. The maximum Gasteiger partial charge on any atom is 0.0657 e. The molecule has 0 aromatic rings. The van der Waals surface area contributed by atoms with Gasteiger partial charge < -0.3 is 10.0 Å². The zero-order chi connectivity index (χ0) is 9.03. The largest absolute Gasteiger partial charge is 0.390 e. The normalized spacial score (nSPS) is 33.2. The lowest BCUT2D eigenvalue weighted by atomic mass is 9.92. The maximum atomic E-state index is 10.0. The van der Waals surface area contributed by atoms with Gasteiger partial charge in [0.1, 0.15) is 0 Å². The van der Waals surface area contributed by atoms with Gasteiger partial charge >= 0.3 is 0 Å². The predicted octanol–water partition coefficient (Wildman–Crippen LogP) is 1.63. The zero-order valence-corrected chi connectivity index (χ0v) is 8.34. The van der Waals surface area contributed by atoms with E-state index in [2.05, 4.69) is 18.7 Å². The van der Waals surface area contributed by atoms with E-state index in [9.17, 15) is 5.11 Å². The van der Waals surface area contributed by atoms with E-state index in [1.165, 1.54) is 6.54 Å². The van der Waals surface area contributed by atoms with Crippen LogP contribution in [0.1, 0.15) is 39.5 Å². The van der Waals surface area contributed by atoms with E-state index in [1.54, 1.807) is 0 Å². The highest BCUT2D eigenvalue weighted by molar-refractivity contribution is 4.81. The van der Waals surface area contributed by atoms with Crippen LogP contribution in [0.2, 0.25) is 0 Å². The summed E-state index contributed by atoms with van der Waals surface area (Å²) in [6.07, 6.45) is 4.00. The molecule has 2 nitrogen and oxygen atoms in total. The van der Waals surface area contributed by atoms with Crippen molar-refractivity contribution in [2.24, 2.45) is 0 Å². The van der Waals surface area contributed by atoms with E-state index in [-0.39, 0.29) is 5.60 Å². The Morgan fingerprint density at radius 3 is 2.58 bits per heavy atom. The molecular formula is C10H21NO. The molecule has 1 fully saturated rings. The van der Waals surface area contributed by atoms with Crippen molar-refractivity contribution in [2.45, 2.75) is 45.1 Å². The molecule has 1 aliphatic rings. The number of aliphatic hydroxyl groups is 1. The van der Waals surface area contributed by atoms with Crippen LogP contribution in [-0.4, -0.2) is 35.2 Å². The second-order valence-electron chi connectivity index (χ2n) is 3.87. The summed E-state index contributed by atoms with van der Waals surface area (Å²) in [5.41, 5.74) is -0.357. The van der Waals surface area contributed by atoms with Gasteiger partial charge in [0, 0.05) is 6.54 Å². The molecule has 0 spiro atoms. The molecule has 72 valence electrons. The molecule has 1 unspecified atom stereocenters. The minimum atomic E-state index is -0.357. The molecule has 1 saturated heterocycles. The van der Waals surface area contributed by atoms with E-state index in [0.29, 0.717) is 0 Å². The van der Waals surface area contributed by atoms with E-state index < -0.39 is 0 Å². The number of rotatable bonds is 2. The molecular weight excluding hydrogens is 150 g/mol. The van der Waals surface area contributed by atoms with Crippen molar-refractivity contribution in [3.63, 3.8) is 0 Å². The lowest BCUT2D eigenvalue weighted by Gasteiger charge is -2.24. The molecule has 1 aliphatic heterocycles. The summed E-state index contributed by atoms with van der Waals surface area (Å²) < 4.78 is 0. The molecule has 1 atom stereocenters. The first-order valence-corrected chi connectivity index (χ1v) is 5.15. The summed E-state index contributed by atoms with van der Waals surface area (Å²) in [6, 6.07) is 0. The van der Waals surface area contributed by atoms with Gasteiger partial charge in [0.2, 0.25) is 0 Å². The van der Waals surface area contributed by atoms with Gasteiger partial charge in [-0.25, -0.2) is 0 Å².